The van der Waals surface area contributed by atoms with Gasteiger partial charge in [0.15, 0.2) is 0 Å². The van der Waals surface area contributed by atoms with Crippen molar-refractivity contribution in [1.29, 1.82) is 0 Å². The van der Waals surface area contributed by atoms with Crippen LogP contribution in [0.3, 0.4) is 0 Å². The number of rotatable bonds is 9. The molecule has 0 aliphatic heterocycles. The van der Waals surface area contributed by atoms with Gasteiger partial charge in [0.1, 0.15) is 0 Å². The van der Waals surface area contributed by atoms with Crippen LogP contribution in [0.25, 0.3) is 42.4 Å². The van der Waals surface area contributed by atoms with Gasteiger partial charge in [-0.15, -0.1) is 22.7 Å². The van der Waals surface area contributed by atoms with Crippen LogP contribution in [0.1, 0.15) is 55.0 Å². The number of thiophene rings is 2. The standard InChI is InChI=1S/C31H30S2/c1-2-3-4-5-6-7-21-8-10-22(11-9-21)12-15-25-20-24-14-17-27-28-26(29(27)31(24)33-25)16-13-23-18-19-32-30(23)28/h8-11,13-14,16-20H,2-7,12,15H2,1H3. The Morgan fingerprint density at radius 1 is 0.606 bits per heavy atom. The number of aryl methyl sites for hydroxylation is 3. The van der Waals surface area contributed by atoms with Gasteiger partial charge in [0.25, 0.3) is 0 Å². The highest BCUT2D eigenvalue weighted by molar-refractivity contribution is 7.20. The molecule has 2 heteroatoms. The smallest absolute Gasteiger partial charge is 0.0430 e. The largest absolute Gasteiger partial charge is 0.143 e. The molecule has 0 saturated heterocycles. The van der Waals surface area contributed by atoms with Crippen molar-refractivity contribution in [3.8, 4) is 22.3 Å². The molecular weight excluding hydrogens is 436 g/mol. The Hall–Kier alpha value is -2.42. The quantitative estimate of drug-likeness (QED) is 0.186. The van der Waals surface area contributed by atoms with E-state index < -0.39 is 0 Å². The Balaban J connectivity index is 1.14. The summed E-state index contributed by atoms with van der Waals surface area (Å²) in [6, 6.07) is 23.4. The predicted octanol–water partition coefficient (Wildman–Crippen LogP) is 10.1. The minimum absolute atomic E-state index is 1.12. The fraction of sp³-hybridized carbons (Fsp3) is 0.290. The normalized spacial score (nSPS) is 12.2. The van der Waals surface area contributed by atoms with Crippen molar-refractivity contribution in [3.05, 3.63) is 82.0 Å². The molecule has 6 rings (SSSR count). The molecule has 2 heterocycles. The van der Waals surface area contributed by atoms with E-state index in [4.69, 9.17) is 0 Å². The van der Waals surface area contributed by atoms with Crippen molar-refractivity contribution in [2.75, 3.05) is 0 Å². The molecule has 0 unspecified atom stereocenters. The van der Waals surface area contributed by atoms with Crippen LogP contribution in [0.4, 0.5) is 0 Å². The number of hydrogen-bond donors (Lipinski definition) is 0. The molecule has 0 spiro atoms. The summed E-state index contributed by atoms with van der Waals surface area (Å²) in [5.74, 6) is 0. The van der Waals surface area contributed by atoms with Crippen LogP contribution >= 0.6 is 22.7 Å². The van der Waals surface area contributed by atoms with E-state index in [9.17, 15) is 0 Å². The van der Waals surface area contributed by atoms with E-state index in [0.717, 1.165) is 12.8 Å². The van der Waals surface area contributed by atoms with E-state index in [1.807, 2.05) is 22.7 Å². The lowest BCUT2D eigenvalue weighted by atomic mass is 9.79. The van der Waals surface area contributed by atoms with Gasteiger partial charge in [-0.2, -0.15) is 0 Å². The van der Waals surface area contributed by atoms with Crippen LogP contribution in [0.2, 0.25) is 0 Å². The van der Waals surface area contributed by atoms with Gasteiger partial charge in [0.05, 0.1) is 0 Å². The molecule has 33 heavy (non-hydrogen) atoms. The third-order valence-electron chi connectivity index (χ3n) is 7.15. The molecule has 0 nitrogen and oxygen atoms in total. The molecule has 0 atom stereocenters. The van der Waals surface area contributed by atoms with E-state index in [-0.39, 0.29) is 0 Å². The lowest BCUT2D eigenvalue weighted by Crippen LogP contribution is -1.98. The van der Waals surface area contributed by atoms with Crippen molar-refractivity contribution < 1.29 is 0 Å². The SMILES string of the molecule is CCCCCCCc1ccc(CCc2cc3ccc4c(c3s2)-c2ccc3ccsc3c2-4)cc1. The molecule has 0 saturated carbocycles. The lowest BCUT2D eigenvalue weighted by molar-refractivity contribution is 0.632. The summed E-state index contributed by atoms with van der Waals surface area (Å²) in [4.78, 5) is 1.50. The molecule has 5 aromatic rings. The molecule has 0 amide bonds. The molecule has 1 aliphatic rings. The highest BCUT2D eigenvalue weighted by Crippen LogP contribution is 2.55. The summed E-state index contributed by atoms with van der Waals surface area (Å²) in [5.41, 5.74) is 8.81. The highest BCUT2D eigenvalue weighted by atomic mass is 32.1. The van der Waals surface area contributed by atoms with Crippen molar-refractivity contribution in [2.24, 2.45) is 0 Å². The predicted molar refractivity (Wildman–Crippen MR) is 148 cm³/mol. The van der Waals surface area contributed by atoms with Gasteiger partial charge < -0.3 is 0 Å². The van der Waals surface area contributed by atoms with Gasteiger partial charge >= 0.3 is 0 Å². The maximum Gasteiger partial charge on any atom is 0.0430 e. The van der Waals surface area contributed by atoms with E-state index in [0.29, 0.717) is 0 Å². The molecule has 0 radical (unpaired) electrons. The van der Waals surface area contributed by atoms with Gasteiger partial charge in [-0.1, -0.05) is 81.1 Å². The van der Waals surface area contributed by atoms with Crippen LogP contribution < -0.4 is 0 Å². The third-order valence-corrected chi connectivity index (χ3v) is 9.33. The molecule has 0 bridgehead atoms. The Bertz CT molecular complexity index is 1420. The first-order valence-corrected chi connectivity index (χ1v) is 14.2. The zero-order valence-electron chi connectivity index (χ0n) is 19.3. The first-order chi connectivity index (χ1) is 16.3. The second kappa shape index (κ2) is 9.08. The van der Waals surface area contributed by atoms with E-state index in [1.165, 1.54) is 97.0 Å². The number of hydrogen-bond acceptors (Lipinski definition) is 2. The van der Waals surface area contributed by atoms with E-state index in [2.05, 4.69) is 73.0 Å². The summed E-state index contributed by atoms with van der Waals surface area (Å²) >= 11 is 3.87. The summed E-state index contributed by atoms with van der Waals surface area (Å²) in [5, 5.41) is 4.99. The minimum Gasteiger partial charge on any atom is -0.143 e. The topological polar surface area (TPSA) is 0 Å². The fourth-order valence-electron chi connectivity index (χ4n) is 5.27. The minimum atomic E-state index is 1.12. The van der Waals surface area contributed by atoms with E-state index >= 15 is 0 Å². The monoisotopic (exact) mass is 466 g/mol. The Kier molecular flexibility index (Phi) is 5.82. The average molecular weight is 467 g/mol. The maximum atomic E-state index is 2.42. The maximum absolute atomic E-state index is 2.42. The molecule has 166 valence electrons. The summed E-state index contributed by atoms with van der Waals surface area (Å²) in [6.45, 7) is 2.28. The summed E-state index contributed by atoms with van der Waals surface area (Å²) in [7, 11) is 0. The second-order valence-electron chi connectivity index (χ2n) is 9.43. The number of fused-ring (bicyclic) bond motifs is 8. The summed E-state index contributed by atoms with van der Waals surface area (Å²) in [6.07, 6.45) is 10.3. The second-order valence-corrected chi connectivity index (χ2v) is 11.5. The van der Waals surface area contributed by atoms with Crippen molar-refractivity contribution in [3.63, 3.8) is 0 Å². The fourth-order valence-corrected chi connectivity index (χ4v) is 7.45. The molecule has 1 aliphatic carbocycles. The van der Waals surface area contributed by atoms with Crippen LogP contribution in [0.5, 0.6) is 0 Å². The van der Waals surface area contributed by atoms with E-state index in [1.54, 1.807) is 0 Å². The Morgan fingerprint density at radius 3 is 2.09 bits per heavy atom. The average Bonchev–Trinajstić information content (AvgIpc) is 3.46. The van der Waals surface area contributed by atoms with Crippen LogP contribution in [0.15, 0.2) is 66.0 Å². The number of unbranched alkanes of at least 4 members (excludes halogenated alkanes) is 4. The first kappa shape index (κ1) is 21.1. The molecule has 3 aromatic carbocycles. The number of benzene rings is 3. The van der Waals surface area contributed by atoms with Crippen molar-refractivity contribution in [1.82, 2.24) is 0 Å². The molecule has 2 aromatic heterocycles. The van der Waals surface area contributed by atoms with Crippen molar-refractivity contribution in [2.45, 2.75) is 58.3 Å². The van der Waals surface area contributed by atoms with Gasteiger partial charge in [0.2, 0.25) is 0 Å². The van der Waals surface area contributed by atoms with Gasteiger partial charge in [0, 0.05) is 25.4 Å². The lowest BCUT2D eigenvalue weighted by Gasteiger charge is -2.25. The highest BCUT2D eigenvalue weighted by Gasteiger charge is 2.28. The Labute approximate surface area is 204 Å². The third kappa shape index (κ3) is 3.94. The zero-order valence-corrected chi connectivity index (χ0v) is 21.0. The van der Waals surface area contributed by atoms with Gasteiger partial charge in [-0.3, -0.25) is 0 Å². The van der Waals surface area contributed by atoms with Crippen LogP contribution in [0, 0.1) is 0 Å². The zero-order chi connectivity index (χ0) is 22.2. The molecule has 0 N–H and O–H groups in total. The first-order valence-electron chi connectivity index (χ1n) is 12.5. The summed E-state index contributed by atoms with van der Waals surface area (Å²) < 4.78 is 2.92. The van der Waals surface area contributed by atoms with Crippen molar-refractivity contribution >= 4 is 42.8 Å². The van der Waals surface area contributed by atoms with Crippen LogP contribution in [-0.2, 0) is 19.3 Å². The van der Waals surface area contributed by atoms with Gasteiger partial charge in [-0.25, -0.2) is 0 Å². The Morgan fingerprint density at radius 2 is 1.30 bits per heavy atom. The molecule has 0 fully saturated rings. The molecular formula is C31H30S2. The van der Waals surface area contributed by atoms with Gasteiger partial charge in [-0.05, 0) is 76.2 Å². The van der Waals surface area contributed by atoms with Crippen LogP contribution in [-0.4, -0.2) is 0 Å².